The Hall–Kier alpha value is -3.49. The molecule has 0 spiro atoms. The molecule has 9 heteroatoms. The van der Waals surface area contributed by atoms with Crippen molar-refractivity contribution < 1.29 is 19.2 Å². The van der Waals surface area contributed by atoms with E-state index >= 15 is 0 Å². The molecule has 0 saturated carbocycles. The van der Waals surface area contributed by atoms with Gasteiger partial charge in [0.2, 0.25) is 17.7 Å². The maximum Gasteiger partial charge on any atom is 0.243 e. The first kappa shape index (κ1) is 25.6. The molecule has 192 valence electrons. The van der Waals surface area contributed by atoms with Crippen molar-refractivity contribution in [2.24, 2.45) is 11.8 Å². The van der Waals surface area contributed by atoms with E-state index in [0.29, 0.717) is 19.5 Å². The number of aromatic nitrogens is 2. The first-order valence-corrected chi connectivity index (χ1v) is 12.7. The lowest BCUT2D eigenvalue weighted by Gasteiger charge is -2.34. The Balaban J connectivity index is 1.51. The standard InChI is InChI=1S/C27H35N5O4/c1-4-16(2)24(30-17(3)33)27(36)31-21-8-7-19-9-11-32-15-20(12-22(34)23(21)25(19)32)26(35)29-14-18-6-5-10-28-13-18/h5-6,9-11,13,16,20-21,23-24H,4,7-8,12,14-15H2,1-3H3,(H,29,35)(H,30,33)(H,31,36)/t16-,20-,21-,23?,24-/m0/s1. The van der Waals surface area contributed by atoms with Crippen LogP contribution in [0.3, 0.4) is 0 Å². The van der Waals surface area contributed by atoms with Crippen LogP contribution >= 0.6 is 0 Å². The lowest BCUT2D eigenvalue weighted by Crippen LogP contribution is -2.54. The zero-order valence-electron chi connectivity index (χ0n) is 21.1. The third-order valence-corrected chi connectivity index (χ3v) is 7.47. The molecule has 0 fully saturated rings. The molecule has 0 saturated heterocycles. The zero-order valence-corrected chi connectivity index (χ0v) is 21.1. The van der Waals surface area contributed by atoms with Gasteiger partial charge in [0.15, 0.2) is 0 Å². The quantitative estimate of drug-likeness (QED) is 0.518. The number of pyridine rings is 1. The first-order valence-electron chi connectivity index (χ1n) is 12.7. The fraction of sp³-hybridized carbons (Fsp3) is 0.519. The van der Waals surface area contributed by atoms with E-state index in [1.165, 1.54) is 6.92 Å². The van der Waals surface area contributed by atoms with Gasteiger partial charge in [-0.1, -0.05) is 26.3 Å². The molecular formula is C27H35N5O4. The van der Waals surface area contributed by atoms with Crippen molar-refractivity contribution in [3.63, 3.8) is 0 Å². The minimum absolute atomic E-state index is 0.0418. The van der Waals surface area contributed by atoms with Gasteiger partial charge in [-0.25, -0.2) is 0 Å². The van der Waals surface area contributed by atoms with Crippen molar-refractivity contribution in [3.05, 3.63) is 53.6 Å². The van der Waals surface area contributed by atoms with E-state index in [-0.39, 0.29) is 41.9 Å². The number of nitrogens with one attached hydrogen (secondary N) is 3. The molecular weight excluding hydrogens is 458 g/mol. The number of amides is 3. The van der Waals surface area contributed by atoms with Crippen LogP contribution in [0.15, 0.2) is 36.8 Å². The second-order valence-corrected chi connectivity index (χ2v) is 10.0. The number of carbonyl (C=O) groups excluding carboxylic acids is 4. The second-order valence-electron chi connectivity index (χ2n) is 10.0. The molecule has 1 aliphatic heterocycles. The molecule has 5 atom stereocenters. The fourth-order valence-corrected chi connectivity index (χ4v) is 5.36. The summed E-state index contributed by atoms with van der Waals surface area (Å²) in [6, 6.07) is 4.68. The van der Waals surface area contributed by atoms with Gasteiger partial charge in [0, 0.05) is 56.8 Å². The van der Waals surface area contributed by atoms with E-state index < -0.39 is 17.9 Å². The largest absolute Gasteiger partial charge is 0.352 e. The molecule has 4 rings (SSSR count). The molecule has 1 aliphatic carbocycles. The Morgan fingerprint density at radius 1 is 1.25 bits per heavy atom. The molecule has 2 aromatic rings. The number of hydrogen-bond acceptors (Lipinski definition) is 5. The molecule has 3 N–H and O–H groups in total. The lowest BCUT2D eigenvalue weighted by atomic mass is 9.79. The summed E-state index contributed by atoms with van der Waals surface area (Å²) in [6.07, 6.45) is 7.53. The molecule has 1 unspecified atom stereocenters. The highest BCUT2D eigenvalue weighted by Gasteiger charge is 2.42. The van der Waals surface area contributed by atoms with Crippen LogP contribution in [-0.2, 0) is 38.7 Å². The molecule has 0 bridgehead atoms. The maximum absolute atomic E-state index is 13.6. The lowest BCUT2D eigenvalue weighted by molar-refractivity contribution is -0.132. The average molecular weight is 494 g/mol. The predicted molar refractivity (Wildman–Crippen MR) is 134 cm³/mol. The number of hydrogen-bond donors (Lipinski definition) is 3. The van der Waals surface area contributed by atoms with Crippen LogP contribution in [0.5, 0.6) is 0 Å². The van der Waals surface area contributed by atoms with E-state index in [2.05, 4.69) is 20.9 Å². The number of nitrogens with zero attached hydrogens (tertiary/aromatic N) is 2. The summed E-state index contributed by atoms with van der Waals surface area (Å²) < 4.78 is 2.01. The summed E-state index contributed by atoms with van der Waals surface area (Å²) in [7, 11) is 0. The van der Waals surface area contributed by atoms with Crippen molar-refractivity contribution in [1.29, 1.82) is 0 Å². The minimum Gasteiger partial charge on any atom is -0.352 e. The Bertz CT molecular complexity index is 1130. The second kappa shape index (κ2) is 11.1. The number of ketones is 1. The Morgan fingerprint density at radius 2 is 2.06 bits per heavy atom. The summed E-state index contributed by atoms with van der Waals surface area (Å²) in [6.45, 7) is 6.06. The smallest absolute Gasteiger partial charge is 0.243 e. The summed E-state index contributed by atoms with van der Waals surface area (Å²) in [5.74, 6) is -1.81. The molecule has 2 aromatic heterocycles. The van der Waals surface area contributed by atoms with Crippen LogP contribution in [0.4, 0.5) is 0 Å². The number of Topliss-reactive ketones (excluding diaryl/α,β-unsaturated/α-hetero) is 1. The number of aryl methyl sites for hydroxylation is 1. The molecule has 3 amide bonds. The molecule has 0 radical (unpaired) electrons. The minimum atomic E-state index is -0.660. The van der Waals surface area contributed by atoms with Crippen LogP contribution < -0.4 is 16.0 Å². The third-order valence-electron chi connectivity index (χ3n) is 7.47. The number of carbonyl (C=O) groups is 4. The SMILES string of the molecule is CC[C@H](C)[C@H](NC(C)=O)C(=O)N[C@H]1CCc2ccn3c2C1C(=O)C[C@H](C(=O)NCc1cccnc1)C3. The van der Waals surface area contributed by atoms with Gasteiger partial charge in [0.05, 0.1) is 11.8 Å². The highest BCUT2D eigenvalue weighted by atomic mass is 16.2. The van der Waals surface area contributed by atoms with Crippen molar-refractivity contribution in [2.45, 2.75) is 77.5 Å². The third kappa shape index (κ3) is 5.50. The number of rotatable bonds is 8. The summed E-state index contributed by atoms with van der Waals surface area (Å²) >= 11 is 0. The molecule has 3 heterocycles. The van der Waals surface area contributed by atoms with Crippen molar-refractivity contribution in [3.8, 4) is 0 Å². The van der Waals surface area contributed by atoms with Crippen LogP contribution in [0.1, 0.15) is 62.8 Å². The summed E-state index contributed by atoms with van der Waals surface area (Å²) in [5, 5.41) is 8.80. The highest BCUT2D eigenvalue weighted by Crippen LogP contribution is 2.38. The van der Waals surface area contributed by atoms with E-state index in [9.17, 15) is 19.2 Å². The van der Waals surface area contributed by atoms with Gasteiger partial charge in [0.25, 0.3) is 0 Å². The van der Waals surface area contributed by atoms with Crippen LogP contribution in [-0.4, -0.2) is 45.1 Å². The van der Waals surface area contributed by atoms with Gasteiger partial charge >= 0.3 is 0 Å². The molecule has 2 aliphatic rings. The van der Waals surface area contributed by atoms with E-state index in [4.69, 9.17) is 0 Å². The summed E-state index contributed by atoms with van der Waals surface area (Å²) in [5.41, 5.74) is 2.89. The van der Waals surface area contributed by atoms with Crippen molar-refractivity contribution in [2.75, 3.05) is 0 Å². The molecule has 0 aromatic carbocycles. The zero-order chi connectivity index (χ0) is 25.8. The van der Waals surface area contributed by atoms with Crippen LogP contribution in [0.2, 0.25) is 0 Å². The van der Waals surface area contributed by atoms with Gasteiger partial charge in [-0.2, -0.15) is 0 Å². The Morgan fingerprint density at radius 3 is 2.75 bits per heavy atom. The Kier molecular flexibility index (Phi) is 7.86. The van der Waals surface area contributed by atoms with Crippen LogP contribution in [0.25, 0.3) is 0 Å². The first-order chi connectivity index (χ1) is 17.3. The normalized spacial score (nSPS) is 22.5. The van der Waals surface area contributed by atoms with Gasteiger partial charge in [-0.15, -0.1) is 0 Å². The fourth-order valence-electron chi connectivity index (χ4n) is 5.36. The van der Waals surface area contributed by atoms with E-state index in [1.807, 2.05) is 42.8 Å². The van der Waals surface area contributed by atoms with Crippen LogP contribution in [0, 0.1) is 11.8 Å². The predicted octanol–water partition coefficient (Wildman–Crippen LogP) is 1.85. The topological polar surface area (TPSA) is 122 Å². The van der Waals surface area contributed by atoms with Gasteiger partial charge in [-0.3, -0.25) is 24.2 Å². The van der Waals surface area contributed by atoms with Gasteiger partial charge in [-0.05, 0) is 42.0 Å². The van der Waals surface area contributed by atoms with Crippen molar-refractivity contribution in [1.82, 2.24) is 25.5 Å². The van der Waals surface area contributed by atoms with Gasteiger partial charge in [0.1, 0.15) is 11.8 Å². The maximum atomic E-state index is 13.6. The van der Waals surface area contributed by atoms with Crippen molar-refractivity contribution >= 4 is 23.5 Å². The average Bonchev–Trinajstić information content (AvgIpc) is 3.20. The highest BCUT2D eigenvalue weighted by molar-refractivity contribution is 5.93. The van der Waals surface area contributed by atoms with Gasteiger partial charge < -0.3 is 20.5 Å². The monoisotopic (exact) mass is 493 g/mol. The summed E-state index contributed by atoms with van der Waals surface area (Å²) in [4.78, 5) is 55.7. The van der Waals surface area contributed by atoms with E-state index in [1.54, 1.807) is 12.4 Å². The Labute approximate surface area is 211 Å². The molecule has 9 nitrogen and oxygen atoms in total. The van der Waals surface area contributed by atoms with E-state index in [0.717, 1.165) is 29.7 Å². The molecule has 36 heavy (non-hydrogen) atoms.